The summed E-state index contributed by atoms with van der Waals surface area (Å²) < 4.78 is 5.54. The van der Waals surface area contributed by atoms with Gasteiger partial charge in [-0.1, -0.05) is 19.1 Å². The van der Waals surface area contributed by atoms with E-state index in [0.717, 1.165) is 44.6 Å². The molecule has 1 aliphatic rings. The van der Waals surface area contributed by atoms with Crippen molar-refractivity contribution >= 4 is 0 Å². The summed E-state index contributed by atoms with van der Waals surface area (Å²) in [6.07, 6.45) is 9.28. The monoisotopic (exact) mass is 243 g/mol. The van der Waals surface area contributed by atoms with Gasteiger partial charge in [0.15, 0.2) is 0 Å². The highest BCUT2D eigenvalue weighted by Gasteiger charge is 2.15. The number of ether oxygens (including phenoxy) is 1. The third kappa shape index (κ3) is 3.05. The third-order valence-corrected chi connectivity index (χ3v) is 3.41. The van der Waals surface area contributed by atoms with Crippen LogP contribution in [0.25, 0.3) is 0 Å². The van der Waals surface area contributed by atoms with Crippen LogP contribution in [0.15, 0.2) is 18.2 Å². The maximum atomic E-state index is 5.54. The Hall–Kier alpha value is -1.46. The molecule has 96 valence electrons. The summed E-state index contributed by atoms with van der Waals surface area (Å²) in [5.41, 5.74) is 2.71. The molecule has 0 saturated carbocycles. The first-order valence-electron chi connectivity index (χ1n) is 6.77. The van der Waals surface area contributed by atoms with E-state index in [2.05, 4.69) is 36.4 Å². The van der Waals surface area contributed by atoms with Crippen LogP contribution < -0.4 is 10.1 Å². The molecular formula is C16H21NO. The second-order valence-corrected chi connectivity index (χ2v) is 4.69. The predicted octanol–water partition coefficient (Wildman–Crippen LogP) is 3.08. The maximum Gasteiger partial charge on any atom is 0.122 e. The lowest BCUT2D eigenvalue weighted by atomic mass is 10.0. The fourth-order valence-electron chi connectivity index (χ4n) is 2.39. The highest BCUT2D eigenvalue weighted by Crippen LogP contribution is 2.29. The fraction of sp³-hybridized carbons (Fsp3) is 0.500. The molecule has 18 heavy (non-hydrogen) atoms. The molecule has 2 nitrogen and oxygen atoms in total. The number of terminal acetylenes is 1. The average molecular weight is 243 g/mol. The molecule has 1 N–H and O–H groups in total. The Morgan fingerprint density at radius 2 is 2.39 bits per heavy atom. The van der Waals surface area contributed by atoms with Crippen LogP contribution >= 0.6 is 0 Å². The molecule has 0 aromatic heterocycles. The van der Waals surface area contributed by atoms with Gasteiger partial charge >= 0.3 is 0 Å². The molecule has 1 aromatic rings. The van der Waals surface area contributed by atoms with E-state index in [-0.39, 0.29) is 0 Å². The normalized spacial score (nSPS) is 14.7. The van der Waals surface area contributed by atoms with Gasteiger partial charge < -0.3 is 10.1 Å². The van der Waals surface area contributed by atoms with E-state index in [9.17, 15) is 0 Å². The van der Waals surface area contributed by atoms with Gasteiger partial charge in [0.25, 0.3) is 0 Å². The first kappa shape index (κ1) is 13.0. The second kappa shape index (κ2) is 6.47. The van der Waals surface area contributed by atoms with Crippen molar-refractivity contribution in [3.63, 3.8) is 0 Å². The van der Waals surface area contributed by atoms with Gasteiger partial charge in [0, 0.05) is 18.9 Å². The van der Waals surface area contributed by atoms with Crippen molar-refractivity contribution in [1.82, 2.24) is 5.32 Å². The van der Waals surface area contributed by atoms with E-state index in [1.165, 1.54) is 11.1 Å². The molecule has 0 spiro atoms. The molecule has 0 radical (unpaired) electrons. The Morgan fingerprint density at radius 3 is 3.17 bits per heavy atom. The van der Waals surface area contributed by atoms with Gasteiger partial charge in [-0.05, 0) is 36.6 Å². The van der Waals surface area contributed by atoms with E-state index in [1.807, 2.05) is 0 Å². The van der Waals surface area contributed by atoms with Gasteiger partial charge in [-0.3, -0.25) is 0 Å². The first-order chi connectivity index (χ1) is 8.85. The number of hydrogen-bond acceptors (Lipinski definition) is 2. The van der Waals surface area contributed by atoms with Crippen LogP contribution in [0.1, 0.15) is 43.4 Å². The van der Waals surface area contributed by atoms with Gasteiger partial charge in [0.1, 0.15) is 5.75 Å². The van der Waals surface area contributed by atoms with Crippen molar-refractivity contribution in [2.75, 3.05) is 13.2 Å². The van der Waals surface area contributed by atoms with E-state index in [0.29, 0.717) is 6.04 Å². The lowest BCUT2D eigenvalue weighted by Crippen LogP contribution is -2.21. The number of benzene rings is 1. The molecule has 1 aromatic carbocycles. The molecule has 0 saturated heterocycles. The van der Waals surface area contributed by atoms with Crippen molar-refractivity contribution in [3.8, 4) is 18.1 Å². The lowest BCUT2D eigenvalue weighted by molar-refractivity contribution is 0.356. The van der Waals surface area contributed by atoms with Crippen LogP contribution in [0.4, 0.5) is 0 Å². The van der Waals surface area contributed by atoms with Gasteiger partial charge in [-0.15, -0.1) is 12.3 Å². The Morgan fingerprint density at radius 1 is 1.50 bits per heavy atom. The minimum absolute atomic E-state index is 0.425. The van der Waals surface area contributed by atoms with Crippen LogP contribution in [0.5, 0.6) is 5.75 Å². The summed E-state index contributed by atoms with van der Waals surface area (Å²) in [4.78, 5) is 0. The molecular weight excluding hydrogens is 222 g/mol. The Labute approximate surface area is 110 Å². The first-order valence-corrected chi connectivity index (χ1v) is 6.77. The Bertz CT molecular complexity index is 433. The van der Waals surface area contributed by atoms with E-state index >= 15 is 0 Å². The van der Waals surface area contributed by atoms with Gasteiger partial charge in [-0.25, -0.2) is 0 Å². The van der Waals surface area contributed by atoms with Crippen molar-refractivity contribution in [3.05, 3.63) is 29.3 Å². The smallest absolute Gasteiger partial charge is 0.122 e. The number of hydrogen-bond donors (Lipinski definition) is 1. The summed E-state index contributed by atoms with van der Waals surface area (Å²) in [5, 5.41) is 3.58. The zero-order valence-electron chi connectivity index (χ0n) is 11.0. The topological polar surface area (TPSA) is 21.3 Å². The number of nitrogens with one attached hydrogen (secondary N) is 1. The van der Waals surface area contributed by atoms with Gasteiger partial charge in [0.2, 0.25) is 0 Å². The van der Waals surface area contributed by atoms with Crippen LogP contribution in [0.2, 0.25) is 0 Å². The predicted molar refractivity (Wildman–Crippen MR) is 74.7 cm³/mol. The summed E-state index contributed by atoms with van der Waals surface area (Å²) in [5.74, 6) is 3.73. The van der Waals surface area contributed by atoms with Gasteiger partial charge in [0.05, 0.1) is 6.61 Å². The molecule has 1 heterocycles. The van der Waals surface area contributed by atoms with Crippen LogP contribution in [0, 0.1) is 12.3 Å². The standard InChI is InChI=1S/C16H21NO/c1-3-5-6-10-17-15(4-2)13-7-8-16-14(12-13)9-11-18-16/h1,7-8,12,15,17H,4-6,9-11H2,2H3. The molecule has 1 atom stereocenters. The molecule has 0 bridgehead atoms. The summed E-state index contributed by atoms with van der Waals surface area (Å²) >= 11 is 0. The quantitative estimate of drug-likeness (QED) is 0.612. The summed E-state index contributed by atoms with van der Waals surface area (Å²) in [7, 11) is 0. The highest BCUT2D eigenvalue weighted by molar-refractivity contribution is 5.40. The molecule has 0 fully saturated rings. The van der Waals surface area contributed by atoms with Gasteiger partial charge in [-0.2, -0.15) is 0 Å². The highest BCUT2D eigenvalue weighted by atomic mass is 16.5. The van der Waals surface area contributed by atoms with E-state index in [4.69, 9.17) is 11.2 Å². The minimum atomic E-state index is 0.425. The maximum absolute atomic E-state index is 5.54. The fourth-order valence-corrected chi connectivity index (χ4v) is 2.39. The molecule has 2 heteroatoms. The summed E-state index contributed by atoms with van der Waals surface area (Å²) in [6, 6.07) is 6.98. The SMILES string of the molecule is C#CCCCNC(CC)c1ccc2c(c1)CCO2. The van der Waals surface area contributed by atoms with Crippen molar-refractivity contribution < 1.29 is 4.74 Å². The zero-order chi connectivity index (χ0) is 12.8. The number of unbranched alkanes of at least 4 members (excludes halogenated alkanes) is 1. The van der Waals surface area contributed by atoms with Crippen molar-refractivity contribution in [2.24, 2.45) is 0 Å². The minimum Gasteiger partial charge on any atom is -0.493 e. The lowest BCUT2D eigenvalue weighted by Gasteiger charge is -2.18. The molecule has 0 amide bonds. The zero-order valence-corrected chi connectivity index (χ0v) is 11.0. The number of rotatable bonds is 6. The Kier molecular flexibility index (Phi) is 4.66. The summed E-state index contributed by atoms with van der Waals surface area (Å²) in [6.45, 7) is 4.02. The van der Waals surface area contributed by atoms with Crippen LogP contribution in [-0.4, -0.2) is 13.2 Å². The third-order valence-electron chi connectivity index (χ3n) is 3.41. The second-order valence-electron chi connectivity index (χ2n) is 4.69. The van der Waals surface area contributed by atoms with Crippen LogP contribution in [0.3, 0.4) is 0 Å². The van der Waals surface area contributed by atoms with Crippen molar-refractivity contribution in [1.29, 1.82) is 0 Å². The molecule has 2 rings (SSSR count). The molecule has 0 aliphatic carbocycles. The molecule has 1 unspecified atom stereocenters. The number of fused-ring (bicyclic) bond motifs is 1. The average Bonchev–Trinajstić information content (AvgIpc) is 2.86. The Balaban J connectivity index is 1.97. The van der Waals surface area contributed by atoms with E-state index in [1.54, 1.807) is 0 Å². The van der Waals surface area contributed by atoms with Crippen LogP contribution in [-0.2, 0) is 6.42 Å². The molecule has 1 aliphatic heterocycles. The van der Waals surface area contributed by atoms with E-state index < -0.39 is 0 Å². The largest absolute Gasteiger partial charge is 0.493 e. The van der Waals surface area contributed by atoms with Crippen molar-refractivity contribution in [2.45, 2.75) is 38.6 Å².